The van der Waals surface area contributed by atoms with E-state index in [-0.39, 0.29) is 0 Å². The maximum atomic E-state index is 2.48. The Balaban J connectivity index is 1.01. The summed E-state index contributed by atoms with van der Waals surface area (Å²) in [6.45, 7) is 2.41. The largest absolute Gasteiger partial charge is 0.310 e. The standard InChI is InChI=1S/C57H49NS/c1-2-39-34-40-12-11-33-57(37-39,38-40)46-26-30-48(31-27-46)58(49-18-8-17-44(35-49)45-25-32-53-52-19-6-7-22-54(52)59-55(53)36-45)47-28-23-42(24-29-47)51-21-10-16-43-15-9-20-50(56(43)51)41-13-4-3-5-14-41/h3-10,13-32,35-36,39-40H,2,11-12,33-34,37-38H2,1H3. The summed E-state index contributed by atoms with van der Waals surface area (Å²) in [7, 11) is 0. The molecule has 2 heteroatoms. The lowest BCUT2D eigenvalue weighted by atomic mass is 9.56. The van der Waals surface area contributed by atoms with Crippen molar-refractivity contribution in [1.29, 1.82) is 0 Å². The number of fused-ring (bicyclic) bond motifs is 6. The van der Waals surface area contributed by atoms with Gasteiger partial charge in [-0.05, 0) is 141 Å². The van der Waals surface area contributed by atoms with Crippen molar-refractivity contribution in [3.05, 3.63) is 188 Å². The molecule has 0 spiro atoms. The maximum Gasteiger partial charge on any atom is 0.0467 e. The Morgan fingerprint density at radius 3 is 1.97 bits per heavy atom. The fourth-order valence-corrected chi connectivity index (χ4v) is 12.2. The fraction of sp³-hybridized carbons (Fsp3) is 0.193. The number of rotatable bonds is 8. The van der Waals surface area contributed by atoms with Crippen LogP contribution in [0.5, 0.6) is 0 Å². The first kappa shape index (κ1) is 36.1. The molecule has 11 rings (SSSR count). The molecular formula is C57H49NS. The molecule has 0 saturated heterocycles. The highest BCUT2D eigenvalue weighted by atomic mass is 32.1. The normalized spacial score (nSPS) is 19.0. The lowest BCUT2D eigenvalue weighted by Gasteiger charge is -2.49. The first-order valence-corrected chi connectivity index (χ1v) is 22.5. The second-order valence-electron chi connectivity index (χ2n) is 17.3. The SMILES string of the molecule is CCC1CC2CCCC(c3ccc(N(c4ccc(-c5cccc6cccc(-c7ccccc7)c56)cc4)c4cccc(-c5ccc6c(c5)sc5ccccc56)c4)cc3)(C1)C2. The van der Waals surface area contributed by atoms with Gasteiger partial charge in [-0.1, -0.05) is 160 Å². The van der Waals surface area contributed by atoms with Gasteiger partial charge >= 0.3 is 0 Å². The van der Waals surface area contributed by atoms with Crippen LogP contribution in [0.3, 0.4) is 0 Å². The minimum atomic E-state index is 0.328. The molecule has 2 bridgehead atoms. The molecule has 9 aromatic rings. The van der Waals surface area contributed by atoms with E-state index in [0.29, 0.717) is 5.41 Å². The Morgan fingerprint density at radius 2 is 1.19 bits per heavy atom. The Kier molecular flexibility index (Phi) is 9.19. The van der Waals surface area contributed by atoms with Crippen LogP contribution in [-0.4, -0.2) is 0 Å². The zero-order valence-electron chi connectivity index (χ0n) is 33.8. The summed E-state index contributed by atoms with van der Waals surface area (Å²) < 4.78 is 2.67. The van der Waals surface area contributed by atoms with Crippen LogP contribution in [0.25, 0.3) is 64.3 Å². The van der Waals surface area contributed by atoms with Gasteiger partial charge in [0.05, 0.1) is 0 Å². The van der Waals surface area contributed by atoms with E-state index in [4.69, 9.17) is 0 Å². The Bertz CT molecular complexity index is 2940. The molecule has 288 valence electrons. The first-order valence-electron chi connectivity index (χ1n) is 21.7. The molecular weight excluding hydrogens is 731 g/mol. The average molecular weight is 780 g/mol. The van der Waals surface area contributed by atoms with Gasteiger partial charge in [0.25, 0.3) is 0 Å². The number of thiophene rings is 1. The van der Waals surface area contributed by atoms with Crippen LogP contribution in [0, 0.1) is 11.8 Å². The maximum absolute atomic E-state index is 2.48. The van der Waals surface area contributed by atoms with Crippen molar-refractivity contribution in [1.82, 2.24) is 0 Å². The predicted molar refractivity (Wildman–Crippen MR) is 254 cm³/mol. The van der Waals surface area contributed by atoms with E-state index in [1.54, 1.807) is 5.56 Å². The summed E-state index contributed by atoms with van der Waals surface area (Å²) in [5.74, 6) is 1.74. The van der Waals surface area contributed by atoms with E-state index in [9.17, 15) is 0 Å². The lowest BCUT2D eigenvalue weighted by Crippen LogP contribution is -2.40. The van der Waals surface area contributed by atoms with Crippen molar-refractivity contribution in [3.63, 3.8) is 0 Å². The third kappa shape index (κ3) is 6.55. The van der Waals surface area contributed by atoms with Crippen molar-refractivity contribution in [2.45, 2.75) is 57.3 Å². The van der Waals surface area contributed by atoms with Crippen LogP contribution in [0.2, 0.25) is 0 Å². The summed E-state index contributed by atoms with van der Waals surface area (Å²) in [4.78, 5) is 2.46. The predicted octanol–water partition coefficient (Wildman–Crippen LogP) is 16.9. The summed E-state index contributed by atoms with van der Waals surface area (Å²) in [5.41, 5.74) is 12.8. The van der Waals surface area contributed by atoms with Gasteiger partial charge in [0.2, 0.25) is 0 Å². The van der Waals surface area contributed by atoms with Crippen LogP contribution in [0.1, 0.15) is 57.4 Å². The van der Waals surface area contributed by atoms with Gasteiger partial charge in [-0.15, -0.1) is 11.3 Å². The first-order chi connectivity index (χ1) is 29.1. The molecule has 2 saturated carbocycles. The van der Waals surface area contributed by atoms with E-state index in [2.05, 4.69) is 194 Å². The molecule has 8 aromatic carbocycles. The monoisotopic (exact) mass is 779 g/mol. The molecule has 0 N–H and O–H groups in total. The van der Waals surface area contributed by atoms with Gasteiger partial charge in [0.15, 0.2) is 0 Å². The fourth-order valence-electron chi connectivity index (χ4n) is 11.0. The molecule has 3 atom stereocenters. The highest BCUT2D eigenvalue weighted by Crippen LogP contribution is 2.53. The summed E-state index contributed by atoms with van der Waals surface area (Å²) in [6, 6.07) is 68.1. The second kappa shape index (κ2) is 15.0. The Labute approximate surface area is 352 Å². The Hall–Kier alpha value is -5.96. The smallest absolute Gasteiger partial charge is 0.0467 e. The zero-order valence-corrected chi connectivity index (χ0v) is 34.6. The molecule has 2 aliphatic carbocycles. The van der Waals surface area contributed by atoms with Gasteiger partial charge < -0.3 is 4.90 Å². The molecule has 59 heavy (non-hydrogen) atoms. The number of nitrogens with zero attached hydrogens (tertiary/aromatic N) is 1. The molecule has 1 nitrogen and oxygen atoms in total. The minimum absolute atomic E-state index is 0.328. The third-order valence-electron chi connectivity index (χ3n) is 13.9. The van der Waals surface area contributed by atoms with E-state index in [0.717, 1.165) is 23.2 Å². The Morgan fingerprint density at radius 1 is 0.542 bits per heavy atom. The van der Waals surface area contributed by atoms with E-state index < -0.39 is 0 Å². The number of anilines is 3. The van der Waals surface area contributed by atoms with Crippen LogP contribution < -0.4 is 4.90 Å². The van der Waals surface area contributed by atoms with Gasteiger partial charge in [-0.3, -0.25) is 0 Å². The highest BCUT2D eigenvalue weighted by molar-refractivity contribution is 7.25. The molecule has 3 unspecified atom stereocenters. The minimum Gasteiger partial charge on any atom is -0.310 e. The second-order valence-corrected chi connectivity index (χ2v) is 18.4. The van der Waals surface area contributed by atoms with E-state index >= 15 is 0 Å². The lowest BCUT2D eigenvalue weighted by molar-refractivity contribution is 0.100. The molecule has 2 fully saturated rings. The zero-order chi connectivity index (χ0) is 39.3. The van der Waals surface area contributed by atoms with Crippen molar-refractivity contribution in [3.8, 4) is 33.4 Å². The molecule has 1 aromatic heterocycles. The molecule has 0 aliphatic heterocycles. The summed E-state index contributed by atoms with van der Waals surface area (Å²) >= 11 is 1.88. The summed E-state index contributed by atoms with van der Waals surface area (Å²) in [6.07, 6.45) is 9.55. The van der Waals surface area contributed by atoms with Crippen molar-refractivity contribution < 1.29 is 0 Å². The van der Waals surface area contributed by atoms with Crippen molar-refractivity contribution in [2.75, 3.05) is 4.90 Å². The van der Waals surface area contributed by atoms with Crippen molar-refractivity contribution in [2.24, 2.45) is 11.8 Å². The van der Waals surface area contributed by atoms with E-state index in [1.165, 1.54) is 115 Å². The molecule has 1 heterocycles. The number of benzene rings is 8. The van der Waals surface area contributed by atoms with Crippen LogP contribution in [-0.2, 0) is 5.41 Å². The van der Waals surface area contributed by atoms with Gasteiger partial charge in [-0.2, -0.15) is 0 Å². The topological polar surface area (TPSA) is 3.24 Å². The highest BCUT2D eigenvalue weighted by Gasteiger charge is 2.43. The molecule has 0 amide bonds. The van der Waals surface area contributed by atoms with Crippen LogP contribution in [0.4, 0.5) is 17.1 Å². The van der Waals surface area contributed by atoms with Crippen molar-refractivity contribution >= 4 is 59.3 Å². The van der Waals surface area contributed by atoms with Crippen LogP contribution in [0.15, 0.2) is 182 Å². The number of hydrogen-bond acceptors (Lipinski definition) is 2. The quantitative estimate of drug-likeness (QED) is 0.148. The summed E-state index contributed by atoms with van der Waals surface area (Å²) in [5, 5.41) is 5.23. The van der Waals surface area contributed by atoms with Crippen LogP contribution >= 0.6 is 11.3 Å². The third-order valence-corrected chi connectivity index (χ3v) is 15.0. The van der Waals surface area contributed by atoms with E-state index in [1.807, 2.05) is 11.3 Å². The molecule has 2 aliphatic rings. The van der Waals surface area contributed by atoms with Gasteiger partial charge in [-0.25, -0.2) is 0 Å². The number of hydrogen-bond donors (Lipinski definition) is 0. The van der Waals surface area contributed by atoms with Gasteiger partial charge in [0, 0.05) is 37.2 Å². The average Bonchev–Trinajstić information content (AvgIpc) is 3.67. The van der Waals surface area contributed by atoms with Gasteiger partial charge in [0.1, 0.15) is 0 Å². The molecule has 0 radical (unpaired) electrons.